The Morgan fingerprint density at radius 1 is 1.14 bits per heavy atom. The number of rotatable bonds is 4. The molecule has 1 saturated heterocycles. The number of benzene rings is 2. The molecule has 0 unspecified atom stereocenters. The number of aryl methyl sites for hydroxylation is 1. The summed E-state index contributed by atoms with van der Waals surface area (Å²) in [5.41, 5.74) is 4.49. The highest BCUT2D eigenvalue weighted by atomic mass is 35.5. The van der Waals surface area contributed by atoms with E-state index in [0.29, 0.717) is 10.6 Å². The van der Waals surface area contributed by atoms with Crippen molar-refractivity contribution in [3.05, 3.63) is 58.1 Å². The number of carbonyl (C=O) groups excluding carboxylic acids is 1. The van der Waals surface area contributed by atoms with Crippen molar-refractivity contribution in [2.45, 2.75) is 13.8 Å². The maximum Gasteiger partial charge on any atom is 0.255 e. The summed E-state index contributed by atoms with van der Waals surface area (Å²) in [5, 5.41) is 3.65. The molecule has 2 heterocycles. The SMILES string of the molecule is CCN1CCN(c2ccc(NC(=O)C3=Cc4cc(Cl)ccc4OC3)c(C)c2)CC1. The summed E-state index contributed by atoms with van der Waals surface area (Å²) in [6.45, 7) is 9.84. The second-order valence-corrected chi connectivity index (χ2v) is 7.95. The van der Waals surface area contributed by atoms with Crippen LogP contribution in [0.4, 0.5) is 11.4 Å². The normalized spacial score (nSPS) is 16.7. The molecule has 0 aliphatic carbocycles. The van der Waals surface area contributed by atoms with E-state index in [4.69, 9.17) is 16.3 Å². The van der Waals surface area contributed by atoms with Crippen molar-refractivity contribution in [3.8, 4) is 5.75 Å². The third kappa shape index (κ3) is 4.41. The van der Waals surface area contributed by atoms with Gasteiger partial charge < -0.3 is 19.9 Å². The van der Waals surface area contributed by atoms with Crippen molar-refractivity contribution in [1.29, 1.82) is 0 Å². The highest BCUT2D eigenvalue weighted by Gasteiger charge is 2.19. The van der Waals surface area contributed by atoms with Gasteiger partial charge in [-0.05, 0) is 61.5 Å². The predicted octanol–water partition coefficient (Wildman–Crippen LogP) is 4.20. The number of hydrogen-bond donors (Lipinski definition) is 1. The van der Waals surface area contributed by atoms with Crippen molar-refractivity contribution in [2.24, 2.45) is 0 Å². The zero-order valence-electron chi connectivity index (χ0n) is 16.9. The number of nitrogens with zero attached hydrogens (tertiary/aromatic N) is 2. The molecular formula is C23H26ClN3O2. The predicted molar refractivity (Wildman–Crippen MR) is 119 cm³/mol. The average Bonchev–Trinajstić information content (AvgIpc) is 2.74. The Kier molecular flexibility index (Phi) is 5.79. The van der Waals surface area contributed by atoms with Crippen LogP contribution in [0.25, 0.3) is 6.08 Å². The Morgan fingerprint density at radius 2 is 1.93 bits per heavy atom. The molecule has 0 spiro atoms. The van der Waals surface area contributed by atoms with E-state index in [1.54, 1.807) is 6.07 Å². The number of ether oxygens (including phenoxy) is 1. The molecule has 6 heteroatoms. The molecule has 2 aromatic rings. The van der Waals surface area contributed by atoms with E-state index in [0.717, 1.165) is 55.3 Å². The molecule has 1 fully saturated rings. The molecule has 29 heavy (non-hydrogen) atoms. The highest BCUT2D eigenvalue weighted by Crippen LogP contribution is 2.30. The molecule has 152 valence electrons. The van der Waals surface area contributed by atoms with Crippen molar-refractivity contribution in [2.75, 3.05) is 49.5 Å². The van der Waals surface area contributed by atoms with Gasteiger partial charge in [0.25, 0.3) is 5.91 Å². The zero-order chi connectivity index (χ0) is 20.4. The van der Waals surface area contributed by atoms with Crippen molar-refractivity contribution in [3.63, 3.8) is 0 Å². The largest absolute Gasteiger partial charge is 0.488 e. The van der Waals surface area contributed by atoms with Crippen LogP contribution in [0.3, 0.4) is 0 Å². The molecule has 0 bridgehead atoms. The Balaban J connectivity index is 1.45. The Morgan fingerprint density at radius 3 is 2.66 bits per heavy atom. The van der Waals surface area contributed by atoms with Gasteiger partial charge in [0.05, 0.1) is 5.57 Å². The van der Waals surface area contributed by atoms with Gasteiger partial charge in [0.15, 0.2) is 0 Å². The molecule has 0 radical (unpaired) electrons. The van der Waals surface area contributed by atoms with Crippen molar-refractivity contribution < 1.29 is 9.53 Å². The monoisotopic (exact) mass is 411 g/mol. The second kappa shape index (κ2) is 8.47. The van der Waals surface area contributed by atoms with Crippen LogP contribution in [-0.4, -0.2) is 50.1 Å². The molecule has 2 aromatic carbocycles. The van der Waals surface area contributed by atoms with E-state index in [-0.39, 0.29) is 12.5 Å². The molecule has 0 atom stereocenters. The standard InChI is InChI=1S/C23H26ClN3O2/c1-3-26-8-10-27(11-9-26)20-5-6-21(16(2)12-20)25-23(28)18-13-17-14-19(24)4-7-22(17)29-15-18/h4-7,12-14H,3,8-11,15H2,1-2H3,(H,25,28). The molecule has 0 saturated carbocycles. The van der Waals surface area contributed by atoms with Crippen LogP contribution in [0.1, 0.15) is 18.1 Å². The molecule has 1 amide bonds. The van der Waals surface area contributed by atoms with E-state index >= 15 is 0 Å². The minimum Gasteiger partial charge on any atom is -0.488 e. The van der Waals surface area contributed by atoms with E-state index in [1.807, 2.05) is 31.2 Å². The van der Waals surface area contributed by atoms with Crippen LogP contribution in [-0.2, 0) is 4.79 Å². The van der Waals surface area contributed by atoms with Gasteiger partial charge in [-0.2, -0.15) is 0 Å². The smallest absolute Gasteiger partial charge is 0.255 e. The Bertz CT molecular complexity index is 949. The molecule has 2 aliphatic heterocycles. The van der Waals surface area contributed by atoms with Gasteiger partial charge >= 0.3 is 0 Å². The lowest BCUT2D eigenvalue weighted by molar-refractivity contribution is -0.113. The van der Waals surface area contributed by atoms with Gasteiger partial charge in [-0.1, -0.05) is 18.5 Å². The number of nitrogens with one attached hydrogen (secondary N) is 1. The summed E-state index contributed by atoms with van der Waals surface area (Å²) >= 11 is 6.06. The van der Waals surface area contributed by atoms with Gasteiger partial charge in [-0.3, -0.25) is 4.79 Å². The van der Waals surface area contributed by atoms with Crippen LogP contribution in [0.2, 0.25) is 5.02 Å². The molecule has 1 N–H and O–H groups in total. The summed E-state index contributed by atoms with van der Waals surface area (Å²) in [4.78, 5) is 17.6. The third-order valence-corrected chi connectivity index (χ3v) is 5.85. The maximum atomic E-state index is 12.8. The van der Waals surface area contributed by atoms with Crippen molar-refractivity contribution in [1.82, 2.24) is 4.90 Å². The van der Waals surface area contributed by atoms with E-state index < -0.39 is 0 Å². The molecular weight excluding hydrogens is 386 g/mol. The van der Waals surface area contributed by atoms with Gasteiger partial charge in [0.1, 0.15) is 12.4 Å². The fourth-order valence-corrected chi connectivity index (χ4v) is 3.97. The molecule has 2 aliphatic rings. The quantitative estimate of drug-likeness (QED) is 0.818. The van der Waals surface area contributed by atoms with Crippen LogP contribution >= 0.6 is 11.6 Å². The molecule has 4 rings (SSSR count). The lowest BCUT2D eigenvalue weighted by Crippen LogP contribution is -2.46. The van der Waals surface area contributed by atoms with Crippen LogP contribution in [0, 0.1) is 6.92 Å². The number of anilines is 2. The third-order valence-electron chi connectivity index (χ3n) is 5.62. The summed E-state index contributed by atoms with van der Waals surface area (Å²) in [6, 6.07) is 11.6. The van der Waals surface area contributed by atoms with Crippen LogP contribution < -0.4 is 15.0 Å². The number of piperazine rings is 1. The lowest BCUT2D eigenvalue weighted by atomic mass is 10.1. The molecule has 5 nitrogen and oxygen atoms in total. The first-order valence-corrected chi connectivity index (χ1v) is 10.4. The first-order chi connectivity index (χ1) is 14.0. The van der Waals surface area contributed by atoms with E-state index in [1.165, 1.54) is 5.69 Å². The van der Waals surface area contributed by atoms with Crippen LogP contribution in [0.5, 0.6) is 5.75 Å². The number of likely N-dealkylation sites (N-methyl/N-ethyl adjacent to an activating group) is 1. The average molecular weight is 412 g/mol. The number of hydrogen-bond acceptors (Lipinski definition) is 4. The number of carbonyl (C=O) groups is 1. The fraction of sp³-hybridized carbons (Fsp3) is 0.348. The van der Waals surface area contributed by atoms with Gasteiger partial charge in [0.2, 0.25) is 0 Å². The second-order valence-electron chi connectivity index (χ2n) is 7.52. The Labute approximate surface area is 176 Å². The number of fused-ring (bicyclic) bond motifs is 1. The summed E-state index contributed by atoms with van der Waals surface area (Å²) in [5.74, 6) is 0.595. The lowest BCUT2D eigenvalue weighted by Gasteiger charge is -2.35. The fourth-order valence-electron chi connectivity index (χ4n) is 3.79. The topological polar surface area (TPSA) is 44.8 Å². The van der Waals surface area contributed by atoms with E-state index in [2.05, 4.69) is 34.2 Å². The first-order valence-electron chi connectivity index (χ1n) is 10.1. The molecule has 0 aromatic heterocycles. The highest BCUT2D eigenvalue weighted by molar-refractivity contribution is 6.30. The summed E-state index contributed by atoms with van der Waals surface area (Å²) in [6.07, 6.45) is 1.84. The minimum absolute atomic E-state index is 0.150. The Hall–Kier alpha value is -2.50. The van der Waals surface area contributed by atoms with Crippen LogP contribution in [0.15, 0.2) is 42.0 Å². The maximum absolute atomic E-state index is 12.8. The summed E-state index contributed by atoms with van der Waals surface area (Å²) in [7, 11) is 0. The van der Waals surface area contributed by atoms with E-state index in [9.17, 15) is 4.79 Å². The first kappa shape index (κ1) is 19.8. The number of halogens is 1. The zero-order valence-corrected chi connectivity index (χ0v) is 17.6. The number of amides is 1. The van der Waals surface area contributed by atoms with Gasteiger partial charge in [-0.15, -0.1) is 0 Å². The van der Waals surface area contributed by atoms with Crippen molar-refractivity contribution >= 4 is 35.0 Å². The van der Waals surface area contributed by atoms with Gasteiger partial charge in [0, 0.05) is 48.1 Å². The minimum atomic E-state index is -0.150. The van der Waals surface area contributed by atoms with Gasteiger partial charge in [-0.25, -0.2) is 0 Å². The summed E-state index contributed by atoms with van der Waals surface area (Å²) < 4.78 is 5.70.